The van der Waals surface area contributed by atoms with E-state index in [-0.39, 0.29) is 0 Å². The van der Waals surface area contributed by atoms with Crippen LogP contribution < -0.4 is 0 Å². The van der Waals surface area contributed by atoms with Crippen LogP contribution in [0.3, 0.4) is 0 Å². The smallest absolute Gasteiger partial charge is 0.285 e. The van der Waals surface area contributed by atoms with Crippen LogP contribution in [0, 0.1) is 0 Å². The lowest BCUT2D eigenvalue weighted by Gasteiger charge is -2.44. The summed E-state index contributed by atoms with van der Waals surface area (Å²) in [6, 6.07) is 0. The molecule has 0 heterocycles. The molecule has 35 heteroatoms. The second kappa shape index (κ2) is 11.8. The Labute approximate surface area is 238 Å². The largest absolute Gasteiger partial charge is 0.701 e. The van der Waals surface area contributed by atoms with Crippen molar-refractivity contribution in [2.24, 2.45) is 0 Å². The molecule has 0 aliphatic carbocycles. The predicted octanol–water partition coefficient (Wildman–Crippen LogP) is 9.29. The van der Waals surface area contributed by atoms with Gasteiger partial charge in [-0.3, -0.25) is 17.7 Å². The molecule has 0 N–H and O–H groups in total. The molecule has 0 spiro atoms. The first-order chi connectivity index (χ1) is 20.1. The Kier molecular flexibility index (Phi) is 11.3. The highest BCUT2D eigenvalue weighted by Gasteiger charge is 2.97. The summed E-state index contributed by atoms with van der Waals surface area (Å²) in [6.45, 7) is 0. The lowest BCUT2D eigenvalue weighted by Crippen LogP contribution is -2.76. The Morgan fingerprint density at radius 1 is 0.229 bits per heavy atom. The Morgan fingerprint density at radius 3 is 0.688 bits per heavy atom. The lowest BCUT2D eigenvalue weighted by molar-refractivity contribution is -0.483. The van der Waals surface area contributed by atoms with Crippen LogP contribution >= 0.6 is 0 Å². The van der Waals surface area contributed by atoms with E-state index in [9.17, 15) is 132 Å². The minimum atomic E-state index is -10.1. The molecule has 0 saturated heterocycles. The van der Waals surface area contributed by atoms with Crippen LogP contribution in [0.2, 0.25) is 0 Å². The zero-order valence-electron chi connectivity index (χ0n) is 20.0. The summed E-state index contributed by atoms with van der Waals surface area (Å²) in [4.78, 5) is 0. The van der Waals surface area contributed by atoms with Gasteiger partial charge in [-0.1, -0.05) is 0 Å². The van der Waals surface area contributed by atoms with E-state index in [1.165, 1.54) is 17.7 Å². The molecule has 0 aromatic carbocycles. The van der Waals surface area contributed by atoms with Gasteiger partial charge in [0.2, 0.25) is 0 Å². The van der Waals surface area contributed by atoms with Crippen LogP contribution in [0.5, 0.6) is 0 Å². The second-order valence-electron chi connectivity index (χ2n) is 7.85. The Morgan fingerprint density at radius 2 is 0.458 bits per heavy atom. The van der Waals surface area contributed by atoms with Gasteiger partial charge in [0.05, 0.1) is 0 Å². The molecule has 0 rings (SSSR count). The zero-order chi connectivity index (χ0) is 39.8. The van der Waals surface area contributed by atoms with Crippen LogP contribution in [-0.2, 0) is 17.7 Å². The SMILES string of the molecule is FC(F)(F)O[Si](OC(F)(F)F)(OC(F)(F)C(F)(F)F)OC(F)(F)C(F)(F)C(F)(F)C(F)(F)C(F)(F)C(F)(F)C(F)(F)C(F)(F)C(F)(F)F. The molecule has 0 aromatic heterocycles. The number of hydrogen-bond acceptors (Lipinski definition) is 4. The maximum Gasteiger partial charge on any atom is 0.701 e. The summed E-state index contributed by atoms with van der Waals surface area (Å²) in [5.74, 6) is -66.2. The molecule has 0 radical (unpaired) electrons. The summed E-state index contributed by atoms with van der Waals surface area (Å²) in [5.41, 5.74) is 0. The van der Waals surface area contributed by atoms with Gasteiger partial charge in [-0.2, -0.15) is 105 Å². The summed E-state index contributed by atoms with van der Waals surface area (Å²) >= 11 is 0. The van der Waals surface area contributed by atoms with E-state index in [0.717, 1.165) is 0 Å². The van der Waals surface area contributed by atoms with Gasteiger partial charge in [0, 0.05) is 0 Å². The van der Waals surface area contributed by atoms with Gasteiger partial charge in [-0.05, 0) is 0 Å². The zero-order valence-corrected chi connectivity index (χ0v) is 21.0. The highest BCUT2D eigenvalue weighted by atomic mass is 28.4. The first-order valence-corrected chi connectivity index (χ1v) is 11.2. The second-order valence-corrected chi connectivity index (χ2v) is 9.67. The number of hydrogen-bond donors (Lipinski definition) is 0. The summed E-state index contributed by atoms with van der Waals surface area (Å²) in [6.07, 6.45) is -48.5. The fraction of sp³-hybridized carbons (Fsp3) is 1.00. The van der Waals surface area contributed by atoms with Crippen molar-refractivity contribution in [1.82, 2.24) is 0 Å². The van der Waals surface area contributed by atoms with Crippen molar-refractivity contribution in [3.63, 3.8) is 0 Å². The minimum Gasteiger partial charge on any atom is -0.285 e. The molecule has 290 valence electrons. The van der Waals surface area contributed by atoms with E-state index in [0.29, 0.717) is 0 Å². The van der Waals surface area contributed by atoms with E-state index >= 15 is 0 Å². The fourth-order valence-electron chi connectivity index (χ4n) is 2.19. The van der Waals surface area contributed by atoms with Gasteiger partial charge in [0.15, 0.2) is 0 Å². The molecule has 0 aromatic rings. The van der Waals surface area contributed by atoms with Crippen LogP contribution in [0.1, 0.15) is 0 Å². The first kappa shape index (κ1) is 46.0. The van der Waals surface area contributed by atoms with Crippen LogP contribution in [-0.4, -0.2) is 87.8 Å². The first-order valence-electron chi connectivity index (χ1n) is 9.55. The van der Waals surface area contributed by atoms with Crippen LogP contribution in [0.25, 0.3) is 0 Å². The van der Waals surface area contributed by atoms with Gasteiger partial charge < -0.3 is 0 Å². The minimum absolute atomic E-state index is 1.33. The number of rotatable bonds is 13. The summed E-state index contributed by atoms with van der Waals surface area (Å²) in [7, 11) is -10.1. The van der Waals surface area contributed by atoms with Gasteiger partial charge in [0.25, 0.3) is 0 Å². The molecule has 0 aliphatic rings. The topological polar surface area (TPSA) is 36.9 Å². The molecular formula is C13F30O4Si. The molecule has 0 saturated carbocycles. The molecule has 0 unspecified atom stereocenters. The van der Waals surface area contributed by atoms with E-state index in [1.807, 2.05) is 0 Å². The molecule has 48 heavy (non-hydrogen) atoms. The Balaban J connectivity index is 7.63. The van der Waals surface area contributed by atoms with Crippen molar-refractivity contribution >= 4 is 9.05 Å². The van der Waals surface area contributed by atoms with Gasteiger partial charge >= 0.3 is 87.8 Å². The molecule has 4 nitrogen and oxygen atoms in total. The maximum atomic E-state index is 13.9. The summed E-state index contributed by atoms with van der Waals surface area (Å²) in [5, 5.41) is 0. The van der Waals surface area contributed by atoms with Crippen molar-refractivity contribution in [2.75, 3.05) is 0 Å². The molecule has 0 fully saturated rings. The predicted molar refractivity (Wildman–Crippen MR) is 78.8 cm³/mol. The quantitative estimate of drug-likeness (QED) is 0.137. The maximum absolute atomic E-state index is 13.9. The molecule has 0 bridgehead atoms. The molecule has 0 amide bonds. The third kappa shape index (κ3) is 7.65. The third-order valence-corrected chi connectivity index (χ3v) is 6.38. The van der Waals surface area contributed by atoms with E-state index in [2.05, 4.69) is 0 Å². The molecule has 0 aliphatic heterocycles. The lowest BCUT2D eigenvalue weighted by atomic mass is 9.88. The molecule has 0 atom stereocenters. The Hall–Kier alpha value is -2.04. The van der Waals surface area contributed by atoms with Crippen LogP contribution in [0.4, 0.5) is 132 Å². The van der Waals surface area contributed by atoms with Crippen molar-refractivity contribution < 1.29 is 149 Å². The average molecular weight is 818 g/mol. The number of halogens is 30. The third-order valence-electron chi connectivity index (χ3n) is 4.41. The normalized spacial score (nSPS) is 16.9. The van der Waals surface area contributed by atoms with Gasteiger partial charge in [-0.25, -0.2) is 0 Å². The van der Waals surface area contributed by atoms with E-state index in [1.54, 1.807) is 0 Å². The van der Waals surface area contributed by atoms with Crippen molar-refractivity contribution in [3.8, 4) is 0 Å². The van der Waals surface area contributed by atoms with Crippen molar-refractivity contribution in [1.29, 1.82) is 0 Å². The Bertz CT molecular complexity index is 1110. The average Bonchev–Trinajstić information content (AvgIpc) is 2.72. The van der Waals surface area contributed by atoms with Gasteiger partial charge in [0.1, 0.15) is 0 Å². The van der Waals surface area contributed by atoms with E-state index in [4.69, 9.17) is 0 Å². The fourth-order valence-corrected chi connectivity index (χ4v) is 3.88. The van der Waals surface area contributed by atoms with Gasteiger partial charge in [-0.15, -0.1) is 26.3 Å². The highest BCUT2D eigenvalue weighted by Crippen LogP contribution is 2.65. The standard InChI is InChI=1S/C13F30O4Si/c14-1(15,2(16,17)4(20,21)6(24,25)8(28,29)30)3(18,19)5(22,23)7(26,27)10(34,35)44-48(46-12(38,39)40,47-13(41,42)43)45-11(36,37)9(31,32)33. The molecular weight excluding hydrogens is 818 g/mol. The van der Waals surface area contributed by atoms with Crippen molar-refractivity contribution in [2.45, 2.75) is 78.8 Å². The summed E-state index contributed by atoms with van der Waals surface area (Å²) < 4.78 is 396. The van der Waals surface area contributed by atoms with Crippen LogP contribution in [0.15, 0.2) is 0 Å². The number of alkyl halides is 30. The van der Waals surface area contributed by atoms with E-state index < -0.39 is 87.8 Å². The highest BCUT2D eigenvalue weighted by molar-refractivity contribution is 6.53. The van der Waals surface area contributed by atoms with Crippen molar-refractivity contribution in [3.05, 3.63) is 0 Å². The monoisotopic (exact) mass is 818 g/mol.